The Balaban J connectivity index is 4.63. The van der Waals surface area contributed by atoms with Crippen molar-refractivity contribution in [1.29, 1.82) is 0 Å². The van der Waals surface area contributed by atoms with Gasteiger partial charge in [0, 0.05) is 0 Å². The predicted molar refractivity (Wildman–Crippen MR) is 56.6 cm³/mol. The van der Waals surface area contributed by atoms with Crippen LogP contribution < -0.4 is 5.73 Å². The van der Waals surface area contributed by atoms with Crippen molar-refractivity contribution in [2.45, 2.75) is 52.6 Å². The molecule has 0 aliphatic rings. The molecule has 0 saturated carbocycles. The second-order valence-corrected chi connectivity index (χ2v) is 4.25. The van der Waals surface area contributed by atoms with Gasteiger partial charge in [0.15, 0.2) is 5.67 Å². The lowest BCUT2D eigenvalue weighted by Crippen LogP contribution is -2.46. The SMILES string of the molecule is CCC(C)CC(F)(C(N)=O)C(C)CC. The summed E-state index contributed by atoms with van der Waals surface area (Å²) in [5.74, 6) is -0.914. The van der Waals surface area contributed by atoms with Crippen molar-refractivity contribution in [3.8, 4) is 0 Å². The average Bonchev–Trinajstić information content (AvgIpc) is 2.15. The van der Waals surface area contributed by atoms with Gasteiger partial charge in [0.1, 0.15) is 0 Å². The number of rotatable bonds is 6. The highest BCUT2D eigenvalue weighted by Gasteiger charge is 2.42. The van der Waals surface area contributed by atoms with E-state index in [-0.39, 0.29) is 18.3 Å². The number of alkyl halides is 1. The third kappa shape index (κ3) is 2.96. The molecule has 0 saturated heterocycles. The molecule has 0 spiro atoms. The maximum atomic E-state index is 14.3. The van der Waals surface area contributed by atoms with Gasteiger partial charge >= 0.3 is 0 Å². The Bertz CT molecular complexity index is 196. The molecule has 3 atom stereocenters. The molecule has 1 amide bonds. The lowest BCUT2D eigenvalue weighted by Gasteiger charge is -2.30. The second-order valence-electron chi connectivity index (χ2n) is 4.25. The zero-order valence-electron chi connectivity index (χ0n) is 9.64. The lowest BCUT2D eigenvalue weighted by molar-refractivity contribution is -0.134. The van der Waals surface area contributed by atoms with E-state index in [9.17, 15) is 9.18 Å². The van der Waals surface area contributed by atoms with Gasteiger partial charge in [-0.2, -0.15) is 0 Å². The van der Waals surface area contributed by atoms with E-state index in [2.05, 4.69) is 0 Å². The van der Waals surface area contributed by atoms with E-state index in [0.717, 1.165) is 6.42 Å². The van der Waals surface area contributed by atoms with Crippen LogP contribution in [0.3, 0.4) is 0 Å². The summed E-state index contributed by atoms with van der Waals surface area (Å²) in [5, 5.41) is 0. The molecular weight excluding hydrogens is 181 g/mol. The number of primary amides is 1. The first-order valence-corrected chi connectivity index (χ1v) is 5.37. The van der Waals surface area contributed by atoms with Crippen LogP contribution >= 0.6 is 0 Å². The second kappa shape index (κ2) is 5.32. The van der Waals surface area contributed by atoms with Crippen molar-refractivity contribution in [3.63, 3.8) is 0 Å². The Hall–Kier alpha value is -0.600. The summed E-state index contributed by atoms with van der Waals surface area (Å²) < 4.78 is 14.3. The van der Waals surface area contributed by atoms with E-state index >= 15 is 0 Å². The van der Waals surface area contributed by atoms with Gasteiger partial charge in [-0.15, -0.1) is 0 Å². The summed E-state index contributed by atoms with van der Waals surface area (Å²) in [6, 6.07) is 0. The molecule has 0 radical (unpaired) electrons. The molecule has 3 heteroatoms. The van der Waals surface area contributed by atoms with E-state index in [1.807, 2.05) is 20.8 Å². The summed E-state index contributed by atoms with van der Waals surface area (Å²) in [4.78, 5) is 11.1. The maximum Gasteiger partial charge on any atom is 0.255 e. The van der Waals surface area contributed by atoms with Crippen molar-refractivity contribution in [2.24, 2.45) is 17.6 Å². The number of carbonyl (C=O) groups excluding carboxylic acids is 1. The number of halogens is 1. The molecule has 0 rings (SSSR count). The minimum Gasteiger partial charge on any atom is -0.367 e. The van der Waals surface area contributed by atoms with E-state index < -0.39 is 11.6 Å². The predicted octanol–water partition coefficient (Wildman–Crippen LogP) is 2.66. The van der Waals surface area contributed by atoms with Crippen molar-refractivity contribution >= 4 is 5.91 Å². The van der Waals surface area contributed by atoms with Crippen LogP contribution in [-0.2, 0) is 4.79 Å². The fourth-order valence-corrected chi connectivity index (χ4v) is 1.52. The Morgan fingerprint density at radius 1 is 1.36 bits per heavy atom. The van der Waals surface area contributed by atoms with Crippen LogP contribution in [-0.4, -0.2) is 11.6 Å². The van der Waals surface area contributed by atoms with Crippen LogP contribution in [0.25, 0.3) is 0 Å². The Morgan fingerprint density at radius 2 is 1.86 bits per heavy atom. The molecule has 0 bridgehead atoms. The van der Waals surface area contributed by atoms with E-state index in [1.165, 1.54) is 0 Å². The molecule has 84 valence electrons. The quantitative estimate of drug-likeness (QED) is 0.708. The van der Waals surface area contributed by atoms with E-state index in [0.29, 0.717) is 6.42 Å². The number of amides is 1. The van der Waals surface area contributed by atoms with Crippen molar-refractivity contribution in [2.75, 3.05) is 0 Å². The van der Waals surface area contributed by atoms with Crippen molar-refractivity contribution in [1.82, 2.24) is 0 Å². The molecule has 0 aromatic carbocycles. The third-order valence-electron chi connectivity index (χ3n) is 3.15. The monoisotopic (exact) mass is 203 g/mol. The van der Waals surface area contributed by atoms with Gasteiger partial charge in [-0.3, -0.25) is 4.79 Å². The van der Waals surface area contributed by atoms with Gasteiger partial charge in [-0.05, 0) is 24.7 Å². The molecule has 0 aliphatic heterocycles. The summed E-state index contributed by atoms with van der Waals surface area (Å²) in [6.07, 6.45) is 1.75. The van der Waals surface area contributed by atoms with E-state index in [4.69, 9.17) is 5.73 Å². The zero-order chi connectivity index (χ0) is 11.4. The van der Waals surface area contributed by atoms with Crippen LogP contribution in [0.5, 0.6) is 0 Å². The molecule has 0 heterocycles. The first-order valence-electron chi connectivity index (χ1n) is 5.37. The molecule has 0 aliphatic carbocycles. The highest BCUT2D eigenvalue weighted by atomic mass is 19.1. The summed E-state index contributed by atoms with van der Waals surface area (Å²) in [6.45, 7) is 7.55. The fourth-order valence-electron chi connectivity index (χ4n) is 1.52. The summed E-state index contributed by atoms with van der Waals surface area (Å²) in [5.41, 5.74) is 3.31. The molecule has 0 fully saturated rings. The largest absolute Gasteiger partial charge is 0.367 e. The van der Waals surface area contributed by atoms with Gasteiger partial charge < -0.3 is 5.73 Å². The van der Waals surface area contributed by atoms with E-state index in [1.54, 1.807) is 6.92 Å². The Kier molecular flexibility index (Phi) is 5.09. The van der Waals surface area contributed by atoms with Crippen LogP contribution in [0.4, 0.5) is 4.39 Å². The van der Waals surface area contributed by atoms with Gasteiger partial charge in [0.25, 0.3) is 5.91 Å². The van der Waals surface area contributed by atoms with Crippen LogP contribution in [0.1, 0.15) is 47.0 Å². The van der Waals surface area contributed by atoms with Crippen molar-refractivity contribution < 1.29 is 9.18 Å². The minimum atomic E-state index is -1.83. The van der Waals surface area contributed by atoms with Crippen LogP contribution in [0, 0.1) is 11.8 Å². The highest BCUT2D eigenvalue weighted by molar-refractivity contribution is 5.83. The molecule has 2 nitrogen and oxygen atoms in total. The van der Waals surface area contributed by atoms with Crippen LogP contribution in [0.2, 0.25) is 0 Å². The maximum absolute atomic E-state index is 14.3. The van der Waals surface area contributed by atoms with Gasteiger partial charge in [0.2, 0.25) is 0 Å². The zero-order valence-corrected chi connectivity index (χ0v) is 9.64. The van der Waals surface area contributed by atoms with Gasteiger partial charge in [-0.25, -0.2) is 4.39 Å². The molecule has 2 N–H and O–H groups in total. The Labute approximate surface area is 86.1 Å². The molecule has 14 heavy (non-hydrogen) atoms. The standard InChI is InChI=1S/C11H22FNO/c1-5-8(3)7-11(12,10(13)14)9(4)6-2/h8-9H,5-7H2,1-4H3,(H2,13,14). The van der Waals surface area contributed by atoms with Gasteiger partial charge in [0.05, 0.1) is 0 Å². The number of carbonyl (C=O) groups is 1. The smallest absolute Gasteiger partial charge is 0.255 e. The first kappa shape index (κ1) is 13.4. The van der Waals surface area contributed by atoms with Crippen molar-refractivity contribution in [3.05, 3.63) is 0 Å². The van der Waals surface area contributed by atoms with Crippen LogP contribution in [0.15, 0.2) is 0 Å². The average molecular weight is 203 g/mol. The summed E-state index contributed by atoms with van der Waals surface area (Å²) in [7, 11) is 0. The first-order chi connectivity index (χ1) is 6.38. The molecular formula is C11H22FNO. The third-order valence-corrected chi connectivity index (χ3v) is 3.15. The summed E-state index contributed by atoms with van der Waals surface area (Å²) >= 11 is 0. The van der Waals surface area contributed by atoms with Gasteiger partial charge in [-0.1, -0.05) is 34.1 Å². The fraction of sp³-hybridized carbons (Fsp3) is 0.909. The highest BCUT2D eigenvalue weighted by Crippen LogP contribution is 2.32. The number of nitrogens with two attached hydrogens (primary N) is 1. The lowest BCUT2D eigenvalue weighted by atomic mass is 9.80. The number of hydrogen-bond donors (Lipinski definition) is 1. The number of hydrogen-bond acceptors (Lipinski definition) is 1. The molecule has 3 unspecified atom stereocenters. The minimum absolute atomic E-state index is 0.196. The normalized spacial score (nSPS) is 19.8. The topological polar surface area (TPSA) is 43.1 Å². The Morgan fingerprint density at radius 3 is 2.14 bits per heavy atom. The molecule has 0 aromatic heterocycles. The molecule has 0 aromatic rings.